The first-order valence-electron chi connectivity index (χ1n) is 10.6. The molecule has 3 heterocycles. The molecule has 3 atom stereocenters. The van der Waals surface area contributed by atoms with Gasteiger partial charge in [-0.1, -0.05) is 26.0 Å². The average Bonchev–Trinajstić information content (AvgIpc) is 3.07. The number of rotatable bonds is 7. The summed E-state index contributed by atoms with van der Waals surface area (Å²) in [6, 6.07) is -1.38. The lowest BCUT2D eigenvalue weighted by atomic mass is 9.85. The summed E-state index contributed by atoms with van der Waals surface area (Å²) in [6.07, 6.45) is 4.80. The van der Waals surface area contributed by atoms with Crippen LogP contribution in [0.25, 0.3) is 0 Å². The second-order valence-corrected chi connectivity index (χ2v) is 9.38. The lowest BCUT2D eigenvalue weighted by Gasteiger charge is -2.34. The molecule has 12 heteroatoms. The van der Waals surface area contributed by atoms with E-state index >= 15 is 0 Å². The smallest absolute Gasteiger partial charge is 0.248 e. The first kappa shape index (κ1) is 21.3. The molecule has 31 heavy (non-hydrogen) atoms. The van der Waals surface area contributed by atoms with Crippen LogP contribution in [-0.2, 0) is 16.1 Å². The summed E-state index contributed by atoms with van der Waals surface area (Å²) < 4.78 is 1.62. The first-order chi connectivity index (χ1) is 14.7. The van der Waals surface area contributed by atoms with Crippen molar-refractivity contribution >= 4 is 11.8 Å². The minimum absolute atomic E-state index is 0.109. The van der Waals surface area contributed by atoms with E-state index in [2.05, 4.69) is 31.0 Å². The van der Waals surface area contributed by atoms with Gasteiger partial charge in [-0.15, -0.1) is 15.3 Å². The zero-order valence-corrected chi connectivity index (χ0v) is 18.0. The van der Waals surface area contributed by atoms with Crippen molar-refractivity contribution in [1.29, 1.82) is 0 Å². The van der Waals surface area contributed by atoms with Crippen molar-refractivity contribution in [3.05, 3.63) is 18.2 Å². The zero-order chi connectivity index (χ0) is 22.2. The number of hydrogen-bond acceptors (Lipinski definition) is 8. The van der Waals surface area contributed by atoms with E-state index < -0.39 is 23.6 Å². The lowest BCUT2D eigenvalue weighted by molar-refractivity contribution is -0.144. The number of nitrogens with one attached hydrogen (secondary N) is 1. The molecule has 0 spiro atoms. The normalized spacial score (nSPS) is 22.5. The third-order valence-corrected chi connectivity index (χ3v) is 5.71. The number of carbonyl (C=O) groups excluding carboxylic acids is 2. The Labute approximate surface area is 180 Å². The van der Waals surface area contributed by atoms with E-state index in [1.165, 1.54) is 16.0 Å². The highest BCUT2D eigenvalue weighted by molar-refractivity contribution is 5.90. The number of likely N-dealkylation sites (tertiary alicyclic amines) is 1. The van der Waals surface area contributed by atoms with Crippen LogP contribution in [0.3, 0.4) is 0 Å². The fraction of sp³-hybridized carbons (Fsp3) is 0.737. The highest BCUT2D eigenvalue weighted by Crippen LogP contribution is 2.40. The molecule has 4 rings (SSSR count). The molecule has 168 valence electrons. The Bertz CT molecular complexity index is 916. The van der Waals surface area contributed by atoms with Crippen LogP contribution in [0.15, 0.2) is 12.5 Å². The van der Waals surface area contributed by atoms with Crippen LogP contribution < -0.4 is 5.32 Å². The largest absolute Gasteiger partial charge is 0.391 e. The van der Waals surface area contributed by atoms with Crippen molar-refractivity contribution in [2.45, 2.75) is 70.7 Å². The predicted molar refractivity (Wildman–Crippen MR) is 107 cm³/mol. The summed E-state index contributed by atoms with van der Waals surface area (Å²) in [5.74, 6) is -0.125. The van der Waals surface area contributed by atoms with Crippen LogP contribution >= 0.6 is 0 Å². The summed E-state index contributed by atoms with van der Waals surface area (Å²) in [7, 11) is 0. The molecule has 1 aliphatic heterocycles. The number of carbonyl (C=O) groups is 2. The van der Waals surface area contributed by atoms with Gasteiger partial charge in [-0.2, -0.15) is 4.80 Å². The van der Waals surface area contributed by atoms with Crippen LogP contribution in [0.4, 0.5) is 0 Å². The van der Waals surface area contributed by atoms with E-state index in [0.717, 1.165) is 18.5 Å². The second kappa shape index (κ2) is 8.33. The van der Waals surface area contributed by atoms with Gasteiger partial charge in [0.25, 0.3) is 0 Å². The summed E-state index contributed by atoms with van der Waals surface area (Å²) in [6.45, 7) is 6.64. The highest BCUT2D eigenvalue weighted by Gasteiger charge is 2.45. The molecule has 0 radical (unpaired) electrons. The van der Waals surface area contributed by atoms with Gasteiger partial charge in [-0.3, -0.25) is 9.59 Å². The SMILES string of the molecule is CC(C)(C)[C@@H](C(=O)N1CC(O)CC1C(=O)NCCn1ncnn1)n1cc(C2CC2)nn1. The van der Waals surface area contributed by atoms with E-state index in [-0.39, 0.29) is 24.8 Å². The fourth-order valence-electron chi connectivity index (χ4n) is 4.01. The van der Waals surface area contributed by atoms with Gasteiger partial charge in [-0.05, 0) is 23.5 Å². The molecule has 0 bridgehead atoms. The molecule has 12 nitrogen and oxygen atoms in total. The molecule has 2 N–H and O–H groups in total. The number of β-amino-alcohol motifs (C(OH)–C–C–N with tert-alkyl or cyclic N) is 1. The highest BCUT2D eigenvalue weighted by atomic mass is 16.3. The number of aromatic nitrogens is 7. The Hall–Kier alpha value is -2.89. The molecule has 1 aliphatic carbocycles. The predicted octanol–water partition coefficient (Wildman–Crippen LogP) is -0.493. The number of nitrogens with zero attached hydrogens (tertiary/aromatic N) is 8. The molecule has 1 saturated carbocycles. The fourth-order valence-corrected chi connectivity index (χ4v) is 4.01. The minimum atomic E-state index is -0.755. The van der Waals surface area contributed by atoms with Crippen LogP contribution in [-0.4, -0.2) is 82.3 Å². The Morgan fingerprint density at radius 1 is 1.29 bits per heavy atom. The van der Waals surface area contributed by atoms with E-state index in [0.29, 0.717) is 19.0 Å². The Morgan fingerprint density at radius 2 is 2.06 bits per heavy atom. The number of hydrogen-bond donors (Lipinski definition) is 2. The topological polar surface area (TPSA) is 144 Å². The molecule has 2 aliphatic rings. The minimum Gasteiger partial charge on any atom is -0.391 e. The third-order valence-electron chi connectivity index (χ3n) is 5.71. The van der Waals surface area contributed by atoms with E-state index in [9.17, 15) is 14.7 Å². The third kappa shape index (κ3) is 4.73. The lowest BCUT2D eigenvalue weighted by Crippen LogP contribution is -2.50. The van der Waals surface area contributed by atoms with Gasteiger partial charge in [0, 0.05) is 31.6 Å². The molecular weight excluding hydrogens is 402 g/mol. The summed E-state index contributed by atoms with van der Waals surface area (Å²) >= 11 is 0. The monoisotopic (exact) mass is 431 g/mol. The number of amides is 2. The number of tetrazole rings is 1. The van der Waals surface area contributed by atoms with E-state index in [1.54, 1.807) is 4.68 Å². The van der Waals surface area contributed by atoms with Crippen molar-refractivity contribution in [1.82, 2.24) is 45.4 Å². The maximum Gasteiger partial charge on any atom is 0.248 e. The van der Waals surface area contributed by atoms with Gasteiger partial charge in [0.15, 0.2) is 6.33 Å². The summed E-state index contributed by atoms with van der Waals surface area (Å²) in [4.78, 5) is 29.3. The van der Waals surface area contributed by atoms with Crippen LogP contribution in [0, 0.1) is 5.41 Å². The molecule has 1 saturated heterocycles. The van der Waals surface area contributed by atoms with Crippen molar-refractivity contribution in [3.63, 3.8) is 0 Å². The summed E-state index contributed by atoms with van der Waals surface area (Å²) in [5.41, 5.74) is 0.443. The Morgan fingerprint density at radius 3 is 2.71 bits per heavy atom. The van der Waals surface area contributed by atoms with Crippen molar-refractivity contribution in [2.75, 3.05) is 13.1 Å². The molecular formula is C19H29N9O3. The van der Waals surface area contributed by atoms with Gasteiger partial charge in [0.2, 0.25) is 11.8 Å². The van der Waals surface area contributed by atoms with Crippen LogP contribution in [0.2, 0.25) is 0 Å². The molecule has 2 aromatic rings. The maximum absolute atomic E-state index is 13.6. The van der Waals surface area contributed by atoms with Gasteiger partial charge in [-0.25, -0.2) is 4.68 Å². The summed E-state index contributed by atoms with van der Waals surface area (Å²) in [5, 5.41) is 32.8. The number of aliphatic hydroxyl groups excluding tert-OH is 1. The molecule has 2 unspecified atom stereocenters. The molecule has 2 aromatic heterocycles. The Kier molecular flexibility index (Phi) is 5.73. The quantitative estimate of drug-likeness (QED) is 0.597. The van der Waals surface area contributed by atoms with E-state index in [4.69, 9.17) is 0 Å². The second-order valence-electron chi connectivity index (χ2n) is 9.38. The zero-order valence-electron chi connectivity index (χ0n) is 18.0. The van der Waals surface area contributed by atoms with Crippen LogP contribution in [0.1, 0.15) is 57.7 Å². The Balaban J connectivity index is 1.48. The number of aliphatic hydroxyl groups is 1. The first-order valence-corrected chi connectivity index (χ1v) is 10.6. The molecule has 2 amide bonds. The maximum atomic E-state index is 13.6. The standard InChI is InChI=1S/C19H29N9O3/c1-19(2,3)16(27-10-14(23-25-27)12-4-5-12)18(31)26-9-13(29)8-15(26)17(30)20-6-7-28-22-11-21-24-28/h10-13,15-16,29H,4-9H2,1-3H3,(H,20,30)/t13?,15?,16-/m1/s1. The van der Waals surface area contributed by atoms with Crippen molar-refractivity contribution in [3.8, 4) is 0 Å². The molecule has 0 aromatic carbocycles. The van der Waals surface area contributed by atoms with Gasteiger partial charge in [0.1, 0.15) is 12.1 Å². The van der Waals surface area contributed by atoms with Gasteiger partial charge < -0.3 is 15.3 Å². The van der Waals surface area contributed by atoms with Gasteiger partial charge >= 0.3 is 0 Å². The van der Waals surface area contributed by atoms with Gasteiger partial charge in [0.05, 0.1) is 18.3 Å². The van der Waals surface area contributed by atoms with Crippen molar-refractivity contribution in [2.24, 2.45) is 5.41 Å². The van der Waals surface area contributed by atoms with E-state index in [1.807, 2.05) is 27.0 Å². The van der Waals surface area contributed by atoms with Crippen LogP contribution in [0.5, 0.6) is 0 Å². The van der Waals surface area contributed by atoms with Crippen molar-refractivity contribution < 1.29 is 14.7 Å². The molecule has 2 fully saturated rings. The average molecular weight is 432 g/mol.